The van der Waals surface area contributed by atoms with Gasteiger partial charge in [-0.25, -0.2) is 24.9 Å². The molecule has 9 nitrogen and oxygen atoms in total. The van der Waals surface area contributed by atoms with Gasteiger partial charge < -0.3 is 15.5 Å². The van der Waals surface area contributed by atoms with Crippen molar-refractivity contribution in [3.8, 4) is 0 Å². The van der Waals surface area contributed by atoms with Crippen molar-refractivity contribution < 1.29 is 0 Å². The Labute approximate surface area is 293 Å². The Morgan fingerprint density at radius 2 is 1.52 bits per heavy atom. The topological polar surface area (TPSA) is 103 Å². The Kier molecular flexibility index (Phi) is 14.6. The third-order valence-electron chi connectivity index (χ3n) is 6.82. The average Bonchev–Trinajstić information content (AvgIpc) is 3.50. The van der Waals surface area contributed by atoms with Gasteiger partial charge in [-0.2, -0.15) is 0 Å². The van der Waals surface area contributed by atoms with Crippen LogP contribution in [0.4, 0.5) is 11.4 Å². The lowest BCUT2D eigenvalue weighted by atomic mass is 10.2. The zero-order chi connectivity index (χ0) is 35.2. The molecule has 252 valence electrons. The molecule has 1 aliphatic rings. The van der Waals surface area contributed by atoms with E-state index in [4.69, 9.17) is 0 Å². The average molecular weight is 682 g/mol. The molecule has 0 aliphatic heterocycles. The van der Waals surface area contributed by atoms with Crippen molar-refractivity contribution >= 4 is 57.4 Å². The van der Waals surface area contributed by atoms with Gasteiger partial charge >= 0.3 is 0 Å². The Morgan fingerprint density at radius 1 is 0.875 bits per heavy atom. The fourth-order valence-corrected chi connectivity index (χ4v) is 6.21. The van der Waals surface area contributed by atoms with Gasteiger partial charge in [0, 0.05) is 44.4 Å². The van der Waals surface area contributed by atoms with Crippen molar-refractivity contribution in [2.75, 3.05) is 31.4 Å². The van der Waals surface area contributed by atoms with E-state index in [9.17, 15) is 0 Å². The van der Waals surface area contributed by atoms with Gasteiger partial charge in [-0.3, -0.25) is 4.99 Å². The molecular weight excluding hydrogens is 635 g/mol. The molecule has 0 saturated heterocycles. The quantitative estimate of drug-likeness (QED) is 0.192. The van der Waals surface area contributed by atoms with Crippen LogP contribution in [0.15, 0.2) is 105 Å². The lowest BCUT2D eigenvalue weighted by Crippen LogP contribution is -2.21. The van der Waals surface area contributed by atoms with E-state index in [0.29, 0.717) is 11.9 Å². The van der Waals surface area contributed by atoms with Crippen LogP contribution in [-0.4, -0.2) is 54.5 Å². The van der Waals surface area contributed by atoms with Gasteiger partial charge in [0.05, 0.1) is 42.6 Å². The zero-order valence-corrected chi connectivity index (χ0v) is 31.3. The minimum atomic E-state index is 0.554. The smallest absolute Gasteiger partial charge is 0.227 e. The van der Waals surface area contributed by atoms with Gasteiger partial charge in [-0.1, -0.05) is 36.5 Å². The number of benzene rings is 1. The Bertz CT molecular complexity index is 1810. The van der Waals surface area contributed by atoms with Crippen molar-refractivity contribution in [2.24, 2.45) is 20.0 Å². The van der Waals surface area contributed by atoms with Crippen molar-refractivity contribution in [3.05, 3.63) is 116 Å². The van der Waals surface area contributed by atoms with Gasteiger partial charge in [0.1, 0.15) is 0 Å². The number of allylic oxidation sites excluding steroid dienone is 7. The number of aryl methyl sites for hydroxylation is 4. The molecule has 2 aromatic heterocycles. The van der Waals surface area contributed by atoms with Gasteiger partial charge in [-0.05, 0) is 91.3 Å². The molecule has 0 unspecified atom stereocenters. The van der Waals surface area contributed by atoms with Crippen molar-refractivity contribution in [2.45, 2.75) is 54.9 Å². The Hall–Kier alpha value is -4.74. The number of guanidine groups is 2. The summed E-state index contributed by atoms with van der Waals surface area (Å²) in [4.78, 5) is 31.1. The molecule has 0 saturated carbocycles. The van der Waals surface area contributed by atoms with Gasteiger partial charge in [-0.15, -0.1) is 22.7 Å². The lowest BCUT2D eigenvalue weighted by molar-refractivity contribution is 1.11. The van der Waals surface area contributed by atoms with Crippen molar-refractivity contribution in [3.63, 3.8) is 0 Å². The normalized spacial score (nSPS) is 14.2. The van der Waals surface area contributed by atoms with E-state index in [-0.39, 0.29) is 0 Å². The summed E-state index contributed by atoms with van der Waals surface area (Å²) in [5, 5.41) is 8.61. The highest BCUT2D eigenvalue weighted by Crippen LogP contribution is 2.20. The maximum absolute atomic E-state index is 4.68. The highest BCUT2D eigenvalue weighted by Gasteiger charge is 2.12. The van der Waals surface area contributed by atoms with E-state index in [0.717, 1.165) is 66.1 Å². The number of hydrogen-bond donors (Lipinski definition) is 2. The van der Waals surface area contributed by atoms with Crippen LogP contribution >= 0.6 is 22.7 Å². The zero-order valence-electron chi connectivity index (χ0n) is 29.7. The second-order valence-corrected chi connectivity index (χ2v) is 13.4. The number of aromatic nitrogens is 2. The standard InChI is InChI=1S/C19H25N5S.C18H22N4S/c1-7-12-20-19(22-14(3)18-13(2)21-15(4)25-18)23-16-8-10-17(11-9-16)24(5)6;1-6-16(17-13(3)20-14(4)23-17)22-18(19-5)21-15-9-7-8-12(2)10-11-15/h7-12H,1-6H3,(H,20,23);6,8-11H,1,7H2,2-5H3,(H,19,21)/b12-7-,22-14+;22-16+. The summed E-state index contributed by atoms with van der Waals surface area (Å²) in [6, 6.07) is 8.16. The van der Waals surface area contributed by atoms with E-state index in [1.165, 1.54) is 5.57 Å². The summed E-state index contributed by atoms with van der Waals surface area (Å²) < 4.78 is 0. The molecule has 0 fully saturated rings. The maximum atomic E-state index is 4.68. The third-order valence-corrected chi connectivity index (χ3v) is 9.10. The fourth-order valence-electron chi connectivity index (χ4n) is 4.44. The Balaban J connectivity index is 0.000000261. The third kappa shape index (κ3) is 11.5. The molecule has 0 radical (unpaired) electrons. The van der Waals surface area contributed by atoms with E-state index in [1.807, 2.05) is 79.9 Å². The second kappa shape index (κ2) is 18.6. The molecule has 1 aliphatic carbocycles. The van der Waals surface area contributed by atoms with Crippen LogP contribution in [0.5, 0.6) is 0 Å². The van der Waals surface area contributed by atoms with Gasteiger partial charge in [0.25, 0.3) is 0 Å². The predicted molar refractivity (Wildman–Crippen MR) is 211 cm³/mol. The van der Waals surface area contributed by atoms with E-state index in [2.05, 4.69) is 89.3 Å². The number of rotatable bonds is 7. The summed E-state index contributed by atoms with van der Waals surface area (Å²) in [7, 11) is 5.77. The minimum Gasteiger partial charge on any atom is -0.378 e. The van der Waals surface area contributed by atoms with Crippen LogP contribution in [-0.2, 0) is 0 Å². The number of nitrogens with one attached hydrogen (secondary N) is 2. The lowest BCUT2D eigenvalue weighted by Gasteiger charge is -2.13. The van der Waals surface area contributed by atoms with Crippen molar-refractivity contribution in [1.82, 2.24) is 15.3 Å². The molecule has 0 spiro atoms. The molecule has 3 aromatic rings. The highest BCUT2D eigenvalue weighted by atomic mass is 32.1. The van der Waals surface area contributed by atoms with Crippen LogP contribution in [0, 0.1) is 27.7 Å². The fraction of sp³-hybridized carbons (Fsp3) is 0.297. The second-order valence-electron chi connectivity index (χ2n) is 11.0. The summed E-state index contributed by atoms with van der Waals surface area (Å²) in [5.74, 6) is 1.11. The minimum absolute atomic E-state index is 0.554. The predicted octanol–water partition coefficient (Wildman–Crippen LogP) is 8.74. The number of aliphatic imine (C=N–C) groups is 4. The molecule has 1 aromatic carbocycles. The highest BCUT2D eigenvalue weighted by molar-refractivity contribution is 7.14. The largest absolute Gasteiger partial charge is 0.378 e. The van der Waals surface area contributed by atoms with Crippen LogP contribution in [0.1, 0.15) is 58.3 Å². The number of hydrogen-bond acceptors (Lipinski definition) is 7. The first-order valence-corrected chi connectivity index (χ1v) is 17.2. The summed E-state index contributed by atoms with van der Waals surface area (Å²) in [6.07, 6.45) is 14.7. The monoisotopic (exact) mass is 681 g/mol. The summed E-state index contributed by atoms with van der Waals surface area (Å²) in [5.41, 5.74) is 8.00. The van der Waals surface area contributed by atoms with Crippen LogP contribution in [0.3, 0.4) is 0 Å². The number of anilines is 2. The van der Waals surface area contributed by atoms with Crippen LogP contribution in [0.25, 0.3) is 0 Å². The number of thiazole rings is 2. The first-order chi connectivity index (χ1) is 22.9. The van der Waals surface area contributed by atoms with E-state index in [1.54, 1.807) is 42.0 Å². The SMILES string of the molecule is C=C/C(=N\C(=NC)NC1=CCC=C(C)C=C1)c1sc(C)nc1C.C\C=C/N=C(\N=C(/C)c1sc(C)nc1C)Nc1ccc(N(C)C)cc1. The maximum Gasteiger partial charge on any atom is 0.227 e. The van der Waals surface area contributed by atoms with Crippen molar-refractivity contribution in [1.29, 1.82) is 0 Å². The molecule has 0 atom stereocenters. The van der Waals surface area contributed by atoms with Gasteiger partial charge in [0.15, 0.2) is 0 Å². The Morgan fingerprint density at radius 3 is 2.06 bits per heavy atom. The van der Waals surface area contributed by atoms with Crippen LogP contribution < -0.4 is 15.5 Å². The molecule has 0 amide bonds. The number of nitrogens with zero attached hydrogens (tertiary/aromatic N) is 7. The summed E-state index contributed by atoms with van der Waals surface area (Å²) >= 11 is 3.27. The molecular formula is C37H47N9S2. The summed E-state index contributed by atoms with van der Waals surface area (Å²) in [6.45, 7) is 17.9. The van der Waals surface area contributed by atoms with E-state index < -0.39 is 0 Å². The molecule has 48 heavy (non-hydrogen) atoms. The molecule has 4 rings (SSSR count). The molecule has 0 bridgehead atoms. The van der Waals surface area contributed by atoms with Crippen LogP contribution in [0.2, 0.25) is 0 Å². The molecule has 2 heterocycles. The molecule has 2 N–H and O–H groups in total. The first-order valence-electron chi connectivity index (χ1n) is 15.6. The van der Waals surface area contributed by atoms with Gasteiger partial charge in [0.2, 0.25) is 11.9 Å². The first kappa shape index (κ1) is 37.7. The molecule has 11 heteroatoms. The van der Waals surface area contributed by atoms with E-state index >= 15 is 0 Å².